The number of hydrogen-bond donors (Lipinski definition) is 2. The first-order valence-corrected chi connectivity index (χ1v) is 6.91. The quantitative estimate of drug-likeness (QED) is 0.864. The van der Waals surface area contributed by atoms with E-state index in [1.54, 1.807) is 0 Å². The smallest absolute Gasteiger partial charge is 0.127 e. The molecule has 96 valence electrons. The second-order valence-corrected chi connectivity index (χ2v) is 5.84. The van der Waals surface area contributed by atoms with Gasteiger partial charge in [0.1, 0.15) is 5.82 Å². The van der Waals surface area contributed by atoms with Crippen molar-refractivity contribution in [2.45, 2.75) is 19.3 Å². The van der Waals surface area contributed by atoms with Gasteiger partial charge < -0.3 is 10.6 Å². The summed E-state index contributed by atoms with van der Waals surface area (Å²) in [4.78, 5) is 5.60. The molecule has 0 aliphatic rings. The van der Waals surface area contributed by atoms with Gasteiger partial charge in [0, 0.05) is 41.8 Å². The van der Waals surface area contributed by atoms with Gasteiger partial charge in [0.2, 0.25) is 0 Å². The topological polar surface area (TPSA) is 37.0 Å². The van der Waals surface area contributed by atoms with E-state index in [1.165, 1.54) is 4.88 Å². The normalized spacial score (nSPS) is 11.3. The lowest BCUT2D eigenvalue weighted by Gasteiger charge is -2.24. The molecule has 0 bridgehead atoms. The van der Waals surface area contributed by atoms with Gasteiger partial charge in [-0.25, -0.2) is 4.98 Å². The summed E-state index contributed by atoms with van der Waals surface area (Å²) in [6.07, 6.45) is 1.81. The van der Waals surface area contributed by atoms with E-state index in [0.717, 1.165) is 18.1 Å². The maximum atomic E-state index is 4.20. The summed E-state index contributed by atoms with van der Waals surface area (Å²) >= 11 is 1.81. The number of rotatable bonds is 5. The van der Waals surface area contributed by atoms with Gasteiger partial charge in [-0.15, -0.1) is 11.3 Å². The molecule has 0 aliphatic carbocycles. The fourth-order valence-electron chi connectivity index (χ4n) is 1.75. The summed E-state index contributed by atoms with van der Waals surface area (Å²) < 4.78 is 0. The Bertz CT molecular complexity index is 492. The second-order valence-electron chi connectivity index (χ2n) is 4.89. The molecule has 2 N–H and O–H groups in total. The van der Waals surface area contributed by atoms with E-state index in [-0.39, 0.29) is 5.41 Å². The molecule has 4 heteroatoms. The highest BCUT2D eigenvalue weighted by Crippen LogP contribution is 2.27. The van der Waals surface area contributed by atoms with Crippen LogP contribution in [-0.4, -0.2) is 18.6 Å². The zero-order valence-corrected chi connectivity index (χ0v) is 11.8. The molecular formula is C14H19N3S. The Morgan fingerprint density at radius 3 is 2.83 bits per heavy atom. The molecule has 0 fully saturated rings. The highest BCUT2D eigenvalue weighted by Gasteiger charge is 2.21. The van der Waals surface area contributed by atoms with Crippen molar-refractivity contribution in [3.63, 3.8) is 0 Å². The Labute approximate surface area is 112 Å². The predicted molar refractivity (Wildman–Crippen MR) is 79.6 cm³/mol. The van der Waals surface area contributed by atoms with Crippen molar-refractivity contribution in [1.29, 1.82) is 0 Å². The Morgan fingerprint density at radius 2 is 2.17 bits per heavy atom. The Morgan fingerprint density at radius 1 is 1.33 bits per heavy atom. The number of anilines is 2. The first kappa shape index (κ1) is 12.9. The summed E-state index contributed by atoms with van der Waals surface area (Å²) in [6.45, 7) is 5.42. The average molecular weight is 261 g/mol. The lowest BCUT2D eigenvalue weighted by Crippen LogP contribution is -2.26. The highest BCUT2D eigenvalue weighted by atomic mass is 32.1. The summed E-state index contributed by atoms with van der Waals surface area (Å²) in [6, 6.07) is 8.31. The Hall–Kier alpha value is -1.55. The lowest BCUT2D eigenvalue weighted by atomic mass is 9.91. The van der Waals surface area contributed by atoms with Crippen LogP contribution in [0, 0.1) is 0 Å². The lowest BCUT2D eigenvalue weighted by molar-refractivity contribution is 0.569. The number of nitrogens with one attached hydrogen (secondary N) is 2. The van der Waals surface area contributed by atoms with Crippen molar-refractivity contribution in [1.82, 2.24) is 4.98 Å². The number of aromatic nitrogens is 1. The van der Waals surface area contributed by atoms with Crippen LogP contribution in [0.3, 0.4) is 0 Å². The monoisotopic (exact) mass is 261 g/mol. The van der Waals surface area contributed by atoms with E-state index >= 15 is 0 Å². The van der Waals surface area contributed by atoms with Gasteiger partial charge in [0.05, 0.1) is 0 Å². The van der Waals surface area contributed by atoms with Gasteiger partial charge in [0.15, 0.2) is 0 Å². The van der Waals surface area contributed by atoms with Gasteiger partial charge in [0.25, 0.3) is 0 Å². The summed E-state index contributed by atoms with van der Waals surface area (Å²) in [5.41, 5.74) is 1.23. The van der Waals surface area contributed by atoms with Crippen molar-refractivity contribution >= 4 is 22.8 Å². The molecule has 18 heavy (non-hydrogen) atoms. The van der Waals surface area contributed by atoms with E-state index in [0.29, 0.717) is 0 Å². The van der Waals surface area contributed by atoms with Crippen LogP contribution in [0.15, 0.2) is 35.8 Å². The van der Waals surface area contributed by atoms with E-state index < -0.39 is 0 Å². The van der Waals surface area contributed by atoms with Crippen molar-refractivity contribution in [2.24, 2.45) is 0 Å². The molecule has 0 aliphatic heterocycles. The maximum Gasteiger partial charge on any atom is 0.127 e. The van der Waals surface area contributed by atoms with Crippen LogP contribution in [0.4, 0.5) is 11.5 Å². The number of pyridine rings is 1. The number of nitrogens with zero attached hydrogens (tertiary/aromatic N) is 1. The minimum Gasteiger partial charge on any atom is -0.384 e. The van der Waals surface area contributed by atoms with Crippen molar-refractivity contribution < 1.29 is 0 Å². The standard InChI is InChI=1S/C14H19N3S/c1-14(2,12-5-4-8-18-12)10-17-11-6-7-16-13(9-11)15-3/h4-9H,10H2,1-3H3,(H2,15,16,17). The van der Waals surface area contributed by atoms with Crippen LogP contribution in [-0.2, 0) is 5.41 Å². The summed E-state index contributed by atoms with van der Waals surface area (Å²) in [7, 11) is 1.88. The molecule has 0 saturated carbocycles. The number of thiophene rings is 1. The molecule has 0 radical (unpaired) electrons. The molecule has 0 atom stereocenters. The maximum absolute atomic E-state index is 4.20. The highest BCUT2D eigenvalue weighted by molar-refractivity contribution is 7.10. The minimum absolute atomic E-state index is 0.136. The molecule has 2 aromatic rings. The van der Waals surface area contributed by atoms with E-state index in [1.807, 2.05) is 36.7 Å². The molecule has 0 unspecified atom stereocenters. The van der Waals surface area contributed by atoms with Crippen LogP contribution >= 0.6 is 11.3 Å². The third-order valence-corrected chi connectivity index (χ3v) is 4.17. The zero-order valence-electron chi connectivity index (χ0n) is 11.0. The SMILES string of the molecule is CNc1cc(NCC(C)(C)c2cccs2)ccn1. The number of hydrogen-bond acceptors (Lipinski definition) is 4. The average Bonchev–Trinajstić information content (AvgIpc) is 2.91. The van der Waals surface area contributed by atoms with Crippen LogP contribution in [0.1, 0.15) is 18.7 Å². The van der Waals surface area contributed by atoms with Crippen molar-refractivity contribution in [2.75, 3.05) is 24.2 Å². The van der Waals surface area contributed by atoms with Crippen molar-refractivity contribution in [3.05, 3.63) is 40.7 Å². The Kier molecular flexibility index (Phi) is 3.87. The fourth-order valence-corrected chi connectivity index (χ4v) is 2.60. The van der Waals surface area contributed by atoms with Crippen LogP contribution in [0.2, 0.25) is 0 Å². The molecule has 0 spiro atoms. The van der Waals surface area contributed by atoms with Gasteiger partial charge >= 0.3 is 0 Å². The largest absolute Gasteiger partial charge is 0.384 e. The minimum atomic E-state index is 0.136. The molecule has 0 amide bonds. The third kappa shape index (κ3) is 3.01. The van der Waals surface area contributed by atoms with Gasteiger partial charge in [-0.2, -0.15) is 0 Å². The predicted octanol–water partition coefficient (Wildman–Crippen LogP) is 3.57. The van der Waals surface area contributed by atoms with Gasteiger partial charge in [-0.3, -0.25) is 0 Å². The van der Waals surface area contributed by atoms with Crippen molar-refractivity contribution in [3.8, 4) is 0 Å². The molecule has 0 saturated heterocycles. The van der Waals surface area contributed by atoms with Gasteiger partial charge in [-0.1, -0.05) is 19.9 Å². The van der Waals surface area contributed by atoms with Crippen LogP contribution in [0.25, 0.3) is 0 Å². The molecule has 2 heterocycles. The first-order valence-electron chi connectivity index (χ1n) is 6.03. The molecule has 2 aromatic heterocycles. The zero-order chi connectivity index (χ0) is 13.0. The van der Waals surface area contributed by atoms with E-state index in [9.17, 15) is 0 Å². The Balaban J connectivity index is 2.02. The second kappa shape index (κ2) is 5.40. The molecule has 3 nitrogen and oxygen atoms in total. The summed E-state index contributed by atoms with van der Waals surface area (Å²) in [5, 5.41) is 8.65. The van der Waals surface area contributed by atoms with Crippen LogP contribution < -0.4 is 10.6 Å². The van der Waals surface area contributed by atoms with E-state index in [4.69, 9.17) is 0 Å². The third-order valence-electron chi connectivity index (χ3n) is 2.94. The van der Waals surface area contributed by atoms with E-state index in [2.05, 4.69) is 47.0 Å². The fraction of sp³-hybridized carbons (Fsp3) is 0.357. The molecule has 2 rings (SSSR count). The first-order chi connectivity index (χ1) is 8.62. The molecular weight excluding hydrogens is 242 g/mol. The van der Waals surface area contributed by atoms with Crippen LogP contribution in [0.5, 0.6) is 0 Å². The molecule has 0 aromatic carbocycles. The van der Waals surface area contributed by atoms with Gasteiger partial charge in [-0.05, 0) is 17.5 Å². The summed E-state index contributed by atoms with van der Waals surface area (Å²) in [5.74, 6) is 0.883.